The van der Waals surface area contributed by atoms with E-state index >= 15 is 0 Å². The summed E-state index contributed by atoms with van der Waals surface area (Å²) in [6.45, 7) is 5.02. The molecule has 2 saturated heterocycles. The van der Waals surface area contributed by atoms with Gasteiger partial charge in [-0.05, 0) is 74.8 Å². The van der Waals surface area contributed by atoms with Crippen LogP contribution in [0, 0.1) is 11.7 Å². The molecule has 0 N–H and O–H groups in total. The molecule has 0 spiro atoms. The van der Waals surface area contributed by atoms with Gasteiger partial charge in [0, 0.05) is 37.5 Å². The molecule has 0 aliphatic carbocycles. The van der Waals surface area contributed by atoms with Gasteiger partial charge in [0.15, 0.2) is 0 Å². The SMILES string of the molecule is CCC(=O)[C@@H]1[C@H]2CCC(C[C@H]1c1ccc(F)cc1)N2CCCN(CC[S-])CC([O-])=NCC[S-].[O-2].[Tc+5]. The van der Waals surface area contributed by atoms with Crippen LogP contribution in [0.5, 0.6) is 0 Å². The van der Waals surface area contributed by atoms with Crippen molar-refractivity contribution in [1.29, 1.82) is 0 Å². The summed E-state index contributed by atoms with van der Waals surface area (Å²) in [6.07, 6.45) is 4.52. The number of Topliss-reactive ketones (excluding diaryl/α,β-unsaturated/α-hetero) is 1. The van der Waals surface area contributed by atoms with Crippen molar-refractivity contribution in [2.45, 2.75) is 57.0 Å². The summed E-state index contributed by atoms with van der Waals surface area (Å²) in [7, 11) is 0. The van der Waals surface area contributed by atoms with Crippen LogP contribution >= 0.6 is 0 Å². The molecule has 2 aliphatic rings. The van der Waals surface area contributed by atoms with Crippen molar-refractivity contribution in [3.63, 3.8) is 0 Å². The number of carbonyl (C=O) groups is 1. The minimum absolute atomic E-state index is 0. The maximum absolute atomic E-state index is 13.5. The van der Waals surface area contributed by atoms with E-state index in [9.17, 15) is 14.3 Å². The Labute approximate surface area is 233 Å². The van der Waals surface area contributed by atoms with Gasteiger partial charge in [0.1, 0.15) is 11.6 Å². The number of carbonyl (C=O) groups excluding carboxylic acids is 1. The molecule has 0 aromatic heterocycles. The standard InChI is InChI=1S/C25H38FN3O2S2.O.Tc/c1-2-23(30)25-21(18-4-6-19(26)7-5-18)16-20-8-9-22(25)29(20)12-3-11-28(13-15-33)17-24(31)27-10-14-32;;/h4-7,20-22,25,32-33H,2-3,8-17H2,1H3,(H,27,31);;/q;-2;+5/p-3/t20?,21-,22+,25-;;/m0../s1. The van der Waals surface area contributed by atoms with E-state index in [1.165, 1.54) is 12.1 Å². The van der Waals surface area contributed by atoms with E-state index < -0.39 is 0 Å². The molecule has 0 saturated carbocycles. The normalized spacial score (nSPS) is 24.2. The molecule has 2 bridgehead atoms. The minimum atomic E-state index is -0.239. The average molecular weight is 607 g/mol. The molecule has 2 aliphatic heterocycles. The van der Waals surface area contributed by atoms with Crippen LogP contribution in [0.25, 0.3) is 0 Å². The molecule has 10 heteroatoms. The van der Waals surface area contributed by atoms with E-state index in [0.717, 1.165) is 44.3 Å². The average Bonchev–Trinajstić information content (AvgIpc) is 3.08. The van der Waals surface area contributed by atoms with Crippen LogP contribution in [0.2, 0.25) is 0 Å². The fourth-order valence-corrected chi connectivity index (χ4v) is 6.03. The van der Waals surface area contributed by atoms with Crippen molar-refractivity contribution >= 4 is 36.9 Å². The number of piperidine rings is 1. The van der Waals surface area contributed by atoms with E-state index in [-0.39, 0.29) is 55.2 Å². The second kappa shape index (κ2) is 16.4. The van der Waals surface area contributed by atoms with Gasteiger partial charge in [-0.2, -0.15) is 11.5 Å². The summed E-state index contributed by atoms with van der Waals surface area (Å²) in [5, 5.41) is 12.0. The van der Waals surface area contributed by atoms with Crippen molar-refractivity contribution in [3.8, 4) is 0 Å². The summed E-state index contributed by atoms with van der Waals surface area (Å²) in [5.74, 6) is 1.10. The van der Waals surface area contributed by atoms with Crippen molar-refractivity contribution in [2.24, 2.45) is 10.9 Å². The number of hydrogen-bond acceptors (Lipinski definition) is 7. The maximum Gasteiger partial charge on any atom is 5.00 e. The largest absolute Gasteiger partial charge is 5.00 e. The molecular weight excluding hydrogens is 571 g/mol. The number of nitrogens with zero attached hydrogens (tertiary/aromatic N) is 3. The third-order valence-electron chi connectivity index (χ3n) is 7.12. The third-order valence-corrected chi connectivity index (χ3v) is 7.48. The zero-order chi connectivity index (χ0) is 23.8. The number of halogens is 1. The first-order valence-corrected chi connectivity index (χ1v) is 13.3. The quantitative estimate of drug-likeness (QED) is 0.194. The number of aliphatic imine (C=N–C) groups is 1. The Morgan fingerprint density at radius 2 is 1.91 bits per heavy atom. The first-order chi connectivity index (χ1) is 16.0. The number of hydrogen-bond donors (Lipinski definition) is 0. The van der Waals surface area contributed by atoms with Crippen LogP contribution in [0.1, 0.15) is 50.5 Å². The molecule has 3 rings (SSSR count). The van der Waals surface area contributed by atoms with Gasteiger partial charge in [0.2, 0.25) is 0 Å². The second-order valence-corrected chi connectivity index (χ2v) is 9.91. The Kier molecular flexibility index (Phi) is 15.2. The van der Waals surface area contributed by atoms with Gasteiger partial charge in [-0.1, -0.05) is 19.1 Å². The Morgan fingerprint density at radius 1 is 1.20 bits per heavy atom. The predicted molar refractivity (Wildman–Crippen MR) is 135 cm³/mol. The smallest absolute Gasteiger partial charge is 2.00 e. The molecule has 0 amide bonds. The first-order valence-electron chi connectivity index (χ1n) is 12.1. The summed E-state index contributed by atoms with van der Waals surface area (Å²) < 4.78 is 13.5. The molecule has 1 aromatic carbocycles. The molecule has 2 heterocycles. The van der Waals surface area contributed by atoms with Crippen molar-refractivity contribution in [3.05, 3.63) is 35.6 Å². The topological polar surface area (TPSA) is 87.5 Å². The van der Waals surface area contributed by atoms with Gasteiger partial charge >= 0.3 is 20.1 Å². The summed E-state index contributed by atoms with van der Waals surface area (Å²) in [6, 6.07) is 7.40. The molecule has 6 nitrogen and oxygen atoms in total. The van der Waals surface area contributed by atoms with E-state index in [0.29, 0.717) is 49.4 Å². The van der Waals surface area contributed by atoms with E-state index in [2.05, 4.69) is 14.8 Å². The molecule has 2 fully saturated rings. The third kappa shape index (κ3) is 8.80. The van der Waals surface area contributed by atoms with Gasteiger partial charge in [-0.15, -0.1) is 0 Å². The van der Waals surface area contributed by atoms with Crippen molar-refractivity contribution in [2.75, 3.05) is 44.2 Å². The van der Waals surface area contributed by atoms with Crippen LogP contribution in [-0.4, -0.2) is 77.8 Å². The molecule has 35 heavy (non-hydrogen) atoms. The Bertz CT molecular complexity index is 803. The van der Waals surface area contributed by atoms with Crippen LogP contribution in [0.3, 0.4) is 0 Å². The molecule has 194 valence electrons. The van der Waals surface area contributed by atoms with Crippen molar-refractivity contribution < 1.29 is 39.9 Å². The Hall–Kier alpha value is -0.481. The van der Waals surface area contributed by atoms with E-state index in [4.69, 9.17) is 25.3 Å². The van der Waals surface area contributed by atoms with Gasteiger partial charge in [0.05, 0.1) is 0 Å². The van der Waals surface area contributed by atoms with Gasteiger partial charge in [-0.25, -0.2) is 4.39 Å². The summed E-state index contributed by atoms with van der Waals surface area (Å²) in [5.41, 5.74) is 1.08. The summed E-state index contributed by atoms with van der Waals surface area (Å²) >= 11 is 10.0. The zero-order valence-corrected chi connectivity index (χ0v) is 23.7. The van der Waals surface area contributed by atoms with E-state index in [1.807, 2.05) is 19.1 Å². The van der Waals surface area contributed by atoms with E-state index in [1.54, 1.807) is 0 Å². The zero-order valence-electron chi connectivity index (χ0n) is 20.2. The fourth-order valence-electron chi connectivity index (χ4n) is 5.68. The Balaban J connectivity index is 0.00000306. The number of benzene rings is 1. The molecule has 1 aromatic rings. The van der Waals surface area contributed by atoms with Gasteiger partial charge in [-0.3, -0.25) is 9.69 Å². The second-order valence-electron chi connectivity index (χ2n) is 9.09. The van der Waals surface area contributed by atoms with Crippen LogP contribution < -0.4 is 5.11 Å². The number of rotatable bonds is 13. The minimum Gasteiger partial charge on any atom is -2.00 e. The maximum atomic E-state index is 13.5. The monoisotopic (exact) mass is 605 g/mol. The Morgan fingerprint density at radius 3 is 2.54 bits per heavy atom. The molecule has 4 atom stereocenters. The first kappa shape index (κ1) is 32.5. The molecule has 1 unspecified atom stereocenters. The van der Waals surface area contributed by atoms with Crippen molar-refractivity contribution in [1.82, 2.24) is 9.80 Å². The number of ketones is 1. The fraction of sp³-hybridized carbons (Fsp3) is 0.680. The summed E-state index contributed by atoms with van der Waals surface area (Å²) in [4.78, 5) is 21.7. The number of fused-ring (bicyclic) bond motifs is 2. The predicted octanol–water partition coefficient (Wildman–Crippen LogP) is 2.16. The van der Waals surface area contributed by atoms with Gasteiger partial charge in [0.25, 0.3) is 0 Å². The van der Waals surface area contributed by atoms with Gasteiger partial charge < -0.3 is 45.7 Å². The molecule has 0 radical (unpaired) electrons. The van der Waals surface area contributed by atoms with Crippen LogP contribution in [0.15, 0.2) is 29.3 Å². The van der Waals surface area contributed by atoms with Crippen LogP contribution in [0.4, 0.5) is 4.39 Å². The van der Waals surface area contributed by atoms with Crippen LogP contribution in [-0.2, 0) is 55.6 Å². The molecular formula is C25H35FN3O3S2Tc.